The van der Waals surface area contributed by atoms with Crippen LogP contribution < -0.4 is 5.73 Å². The highest BCUT2D eigenvalue weighted by Crippen LogP contribution is 2.25. The van der Waals surface area contributed by atoms with Gasteiger partial charge in [-0.15, -0.1) is 0 Å². The average Bonchev–Trinajstić information content (AvgIpc) is 2.13. The van der Waals surface area contributed by atoms with E-state index in [9.17, 15) is 4.39 Å². The highest BCUT2D eigenvalue weighted by Gasteiger charge is 2.20. The molecule has 0 spiro atoms. The minimum Gasteiger partial charge on any atom is -0.330 e. The van der Waals surface area contributed by atoms with Crippen molar-refractivity contribution in [3.05, 3.63) is 35.6 Å². The smallest absolute Gasteiger partial charge is 0.123 e. The maximum atomic E-state index is 13.1. The van der Waals surface area contributed by atoms with E-state index < -0.39 is 8.07 Å². The summed E-state index contributed by atoms with van der Waals surface area (Å²) in [6.07, 6.45) is 0. The molecule has 0 aliphatic carbocycles. The molecule has 1 aromatic carbocycles. The molecular formula is C12H20FNSi. The molecule has 0 radical (unpaired) electrons. The maximum absolute atomic E-state index is 13.1. The van der Waals surface area contributed by atoms with E-state index in [4.69, 9.17) is 5.73 Å². The third-order valence-corrected chi connectivity index (χ3v) is 4.18. The van der Waals surface area contributed by atoms with Gasteiger partial charge >= 0.3 is 0 Å². The molecule has 2 N–H and O–H groups in total. The first-order valence-corrected chi connectivity index (χ1v) is 9.08. The number of halogens is 1. The van der Waals surface area contributed by atoms with Gasteiger partial charge in [-0.2, -0.15) is 0 Å². The van der Waals surface area contributed by atoms with E-state index in [0.717, 1.165) is 11.6 Å². The Morgan fingerprint density at radius 2 is 2.00 bits per heavy atom. The van der Waals surface area contributed by atoms with E-state index in [2.05, 4.69) is 19.6 Å². The molecule has 0 aliphatic heterocycles. The third-order valence-electron chi connectivity index (χ3n) is 2.46. The molecule has 1 nitrogen and oxygen atoms in total. The van der Waals surface area contributed by atoms with Gasteiger partial charge in [-0.25, -0.2) is 4.39 Å². The third kappa shape index (κ3) is 4.14. The van der Waals surface area contributed by atoms with E-state index in [-0.39, 0.29) is 5.82 Å². The van der Waals surface area contributed by atoms with Crippen molar-refractivity contribution in [2.75, 3.05) is 6.54 Å². The van der Waals surface area contributed by atoms with Gasteiger partial charge in [-0.1, -0.05) is 31.8 Å². The molecule has 0 fully saturated rings. The van der Waals surface area contributed by atoms with Crippen molar-refractivity contribution in [2.24, 2.45) is 5.73 Å². The Labute approximate surface area is 92.5 Å². The summed E-state index contributed by atoms with van der Waals surface area (Å²) in [5.41, 5.74) is 6.80. The molecule has 0 aliphatic rings. The minimum atomic E-state index is -1.14. The Morgan fingerprint density at radius 1 is 1.33 bits per heavy atom. The number of benzene rings is 1. The second-order valence-electron chi connectivity index (χ2n) is 5.25. The predicted molar refractivity (Wildman–Crippen MR) is 66.3 cm³/mol. The van der Waals surface area contributed by atoms with Crippen molar-refractivity contribution in [1.82, 2.24) is 0 Å². The number of hydrogen-bond acceptors (Lipinski definition) is 1. The first-order valence-electron chi connectivity index (χ1n) is 5.38. The zero-order valence-electron chi connectivity index (χ0n) is 9.76. The number of hydrogen-bond donors (Lipinski definition) is 1. The van der Waals surface area contributed by atoms with E-state index in [1.807, 2.05) is 6.07 Å². The lowest BCUT2D eigenvalue weighted by molar-refractivity contribution is 0.621. The lowest BCUT2D eigenvalue weighted by Gasteiger charge is -2.23. The molecule has 1 atom stereocenters. The normalized spacial score (nSPS) is 13.9. The summed E-state index contributed by atoms with van der Waals surface area (Å²) in [5, 5.41) is 0. The fraction of sp³-hybridized carbons (Fsp3) is 0.500. The van der Waals surface area contributed by atoms with Gasteiger partial charge in [0.1, 0.15) is 5.82 Å². The van der Waals surface area contributed by atoms with Crippen LogP contribution in [0.25, 0.3) is 0 Å². The van der Waals surface area contributed by atoms with E-state index >= 15 is 0 Å². The second-order valence-corrected chi connectivity index (χ2v) is 10.8. The topological polar surface area (TPSA) is 26.0 Å². The largest absolute Gasteiger partial charge is 0.330 e. The van der Waals surface area contributed by atoms with Gasteiger partial charge in [0.15, 0.2) is 0 Å². The van der Waals surface area contributed by atoms with Crippen LogP contribution in [-0.2, 0) is 0 Å². The maximum Gasteiger partial charge on any atom is 0.123 e. The zero-order valence-corrected chi connectivity index (χ0v) is 10.8. The second kappa shape index (κ2) is 4.90. The van der Waals surface area contributed by atoms with Crippen LogP contribution in [0.4, 0.5) is 4.39 Å². The Balaban J connectivity index is 2.83. The number of rotatable bonds is 4. The van der Waals surface area contributed by atoms with Crippen LogP contribution in [0.5, 0.6) is 0 Å². The SMILES string of the molecule is C[Si](C)(C)CC(CN)c1cccc(F)c1. The first kappa shape index (κ1) is 12.4. The molecule has 0 aromatic heterocycles. The molecule has 0 saturated heterocycles. The van der Waals surface area contributed by atoms with Gasteiger partial charge in [0, 0.05) is 8.07 Å². The van der Waals surface area contributed by atoms with Crippen LogP contribution in [0.3, 0.4) is 0 Å². The molecule has 15 heavy (non-hydrogen) atoms. The fourth-order valence-corrected chi connectivity index (χ4v) is 3.72. The quantitative estimate of drug-likeness (QED) is 0.782. The monoisotopic (exact) mass is 225 g/mol. The summed E-state index contributed by atoms with van der Waals surface area (Å²) >= 11 is 0. The Bertz CT molecular complexity index is 320. The molecule has 0 heterocycles. The molecule has 0 saturated carbocycles. The fourth-order valence-electron chi connectivity index (χ4n) is 1.84. The van der Waals surface area contributed by atoms with Crippen LogP contribution in [-0.4, -0.2) is 14.6 Å². The van der Waals surface area contributed by atoms with Gasteiger partial charge < -0.3 is 5.73 Å². The highest BCUT2D eigenvalue weighted by atomic mass is 28.3. The van der Waals surface area contributed by atoms with Crippen molar-refractivity contribution >= 4 is 8.07 Å². The average molecular weight is 225 g/mol. The summed E-state index contributed by atoms with van der Waals surface area (Å²) in [4.78, 5) is 0. The molecule has 3 heteroatoms. The minimum absolute atomic E-state index is 0.165. The Hall–Kier alpha value is -0.673. The van der Waals surface area contributed by atoms with Gasteiger partial charge in [0.25, 0.3) is 0 Å². The zero-order chi connectivity index (χ0) is 11.5. The van der Waals surface area contributed by atoms with Gasteiger partial charge in [-0.3, -0.25) is 0 Å². The van der Waals surface area contributed by atoms with Crippen molar-refractivity contribution in [2.45, 2.75) is 31.6 Å². The number of nitrogens with two attached hydrogens (primary N) is 1. The van der Waals surface area contributed by atoms with Crippen LogP contribution in [0.15, 0.2) is 24.3 Å². The van der Waals surface area contributed by atoms with E-state index in [1.54, 1.807) is 12.1 Å². The van der Waals surface area contributed by atoms with Crippen LogP contribution in [0.2, 0.25) is 25.7 Å². The van der Waals surface area contributed by atoms with Crippen molar-refractivity contribution in [3.8, 4) is 0 Å². The predicted octanol–water partition coefficient (Wildman–Crippen LogP) is 3.21. The van der Waals surface area contributed by atoms with Gasteiger partial charge in [0.2, 0.25) is 0 Å². The lowest BCUT2D eigenvalue weighted by Crippen LogP contribution is -2.26. The van der Waals surface area contributed by atoms with Gasteiger partial charge in [0.05, 0.1) is 0 Å². The van der Waals surface area contributed by atoms with E-state index in [0.29, 0.717) is 12.5 Å². The van der Waals surface area contributed by atoms with E-state index in [1.165, 1.54) is 6.07 Å². The standard InChI is InChI=1S/C12H20FNSi/c1-15(2,3)9-11(8-14)10-5-4-6-12(13)7-10/h4-7,11H,8-9,14H2,1-3H3. The lowest BCUT2D eigenvalue weighted by atomic mass is 10.0. The van der Waals surface area contributed by atoms with Crippen molar-refractivity contribution in [1.29, 1.82) is 0 Å². The molecular weight excluding hydrogens is 205 g/mol. The summed E-state index contributed by atoms with van der Waals surface area (Å²) in [5.74, 6) is 0.147. The summed E-state index contributed by atoms with van der Waals surface area (Å²) in [6, 6.07) is 7.94. The van der Waals surface area contributed by atoms with Gasteiger partial charge in [-0.05, 0) is 36.2 Å². The first-order chi connectivity index (χ1) is 6.92. The Morgan fingerprint density at radius 3 is 2.47 bits per heavy atom. The highest BCUT2D eigenvalue weighted by molar-refractivity contribution is 6.76. The molecule has 84 valence electrons. The van der Waals surface area contributed by atoms with Crippen LogP contribution >= 0.6 is 0 Å². The van der Waals surface area contributed by atoms with Crippen LogP contribution in [0.1, 0.15) is 11.5 Å². The Kier molecular flexibility index (Phi) is 4.05. The van der Waals surface area contributed by atoms with Crippen molar-refractivity contribution < 1.29 is 4.39 Å². The summed E-state index contributed by atoms with van der Waals surface area (Å²) < 4.78 is 13.1. The molecule has 1 aromatic rings. The van der Waals surface area contributed by atoms with Crippen LogP contribution in [0, 0.1) is 5.82 Å². The molecule has 1 unspecified atom stereocenters. The summed E-state index contributed by atoms with van der Waals surface area (Å²) in [7, 11) is -1.14. The summed E-state index contributed by atoms with van der Waals surface area (Å²) in [6.45, 7) is 7.55. The molecule has 0 amide bonds. The molecule has 1 rings (SSSR count). The molecule has 0 bridgehead atoms. The van der Waals surface area contributed by atoms with Crippen molar-refractivity contribution in [3.63, 3.8) is 0 Å².